The highest BCUT2D eigenvalue weighted by molar-refractivity contribution is 5.90. The summed E-state index contributed by atoms with van der Waals surface area (Å²) < 4.78 is 39.2. The fourth-order valence-electron chi connectivity index (χ4n) is 2.85. The molecule has 0 radical (unpaired) electrons. The van der Waals surface area contributed by atoms with Crippen LogP contribution in [0.25, 0.3) is 22.3 Å². The molecule has 0 spiro atoms. The van der Waals surface area contributed by atoms with E-state index in [1.165, 1.54) is 6.07 Å². The van der Waals surface area contributed by atoms with Crippen molar-refractivity contribution in [3.8, 4) is 11.4 Å². The molecule has 0 amide bonds. The summed E-state index contributed by atoms with van der Waals surface area (Å²) in [5, 5.41) is 4.01. The zero-order valence-corrected chi connectivity index (χ0v) is 14.6. The Morgan fingerprint density at radius 2 is 1.68 bits per heavy atom. The van der Waals surface area contributed by atoms with E-state index in [1.807, 2.05) is 36.4 Å². The van der Waals surface area contributed by atoms with Gasteiger partial charge >= 0.3 is 6.18 Å². The lowest BCUT2D eigenvalue weighted by Crippen LogP contribution is -2.06. The summed E-state index contributed by atoms with van der Waals surface area (Å²) in [5.41, 5.74) is 1.05. The molecule has 1 N–H and O–H groups in total. The van der Waals surface area contributed by atoms with Crippen LogP contribution in [0.2, 0.25) is 0 Å². The van der Waals surface area contributed by atoms with E-state index in [-0.39, 0.29) is 5.82 Å². The van der Waals surface area contributed by atoms with Crippen LogP contribution in [-0.4, -0.2) is 15.0 Å². The van der Waals surface area contributed by atoms with Gasteiger partial charge in [0.2, 0.25) is 0 Å². The Bertz CT molecular complexity index is 1110. The molecule has 0 unspecified atom stereocenters. The highest BCUT2D eigenvalue weighted by Crippen LogP contribution is 2.32. The van der Waals surface area contributed by atoms with Gasteiger partial charge in [0.15, 0.2) is 5.82 Å². The number of nitrogens with one attached hydrogen (secondary N) is 1. The van der Waals surface area contributed by atoms with Gasteiger partial charge in [0, 0.05) is 17.1 Å². The van der Waals surface area contributed by atoms with E-state index in [9.17, 15) is 13.2 Å². The first-order valence-corrected chi connectivity index (χ1v) is 8.59. The van der Waals surface area contributed by atoms with Crippen molar-refractivity contribution < 1.29 is 13.2 Å². The molecule has 140 valence electrons. The smallest absolute Gasteiger partial charge is 0.364 e. The number of aromatic nitrogens is 3. The molecule has 0 bridgehead atoms. The Labute approximate surface area is 159 Å². The first kappa shape index (κ1) is 17.9. The number of para-hydroxylation sites is 1. The van der Waals surface area contributed by atoms with Crippen LogP contribution in [-0.2, 0) is 12.7 Å². The van der Waals surface area contributed by atoms with Gasteiger partial charge in [0.1, 0.15) is 5.82 Å². The third-order valence-electron chi connectivity index (χ3n) is 4.21. The number of hydrogen-bond donors (Lipinski definition) is 1. The second-order valence-corrected chi connectivity index (χ2v) is 6.17. The van der Waals surface area contributed by atoms with Crippen molar-refractivity contribution in [3.05, 3.63) is 84.2 Å². The minimum atomic E-state index is -4.42. The van der Waals surface area contributed by atoms with Crippen molar-refractivity contribution in [1.82, 2.24) is 15.0 Å². The molecular weight excluding hydrogens is 365 g/mol. The Morgan fingerprint density at radius 1 is 0.857 bits per heavy atom. The number of pyridine rings is 1. The standard InChI is InChI=1S/C21H15F3N4/c22-21(23,24)15-7-5-6-14(12-15)19-27-18-10-2-1-9-17(18)20(28-19)26-13-16-8-3-4-11-25-16/h1-12H,13H2,(H,26,27,28). The van der Waals surface area contributed by atoms with Crippen molar-refractivity contribution in [3.63, 3.8) is 0 Å². The van der Waals surface area contributed by atoms with Crippen LogP contribution in [0.4, 0.5) is 19.0 Å². The minimum absolute atomic E-state index is 0.230. The van der Waals surface area contributed by atoms with Crippen LogP contribution in [0.5, 0.6) is 0 Å². The first-order valence-electron chi connectivity index (χ1n) is 8.59. The average Bonchev–Trinajstić information content (AvgIpc) is 2.72. The minimum Gasteiger partial charge on any atom is -0.364 e. The third-order valence-corrected chi connectivity index (χ3v) is 4.21. The lowest BCUT2D eigenvalue weighted by Gasteiger charge is -2.12. The van der Waals surface area contributed by atoms with Gasteiger partial charge in [-0.15, -0.1) is 0 Å². The van der Waals surface area contributed by atoms with E-state index in [2.05, 4.69) is 20.3 Å². The van der Waals surface area contributed by atoms with E-state index in [1.54, 1.807) is 18.3 Å². The van der Waals surface area contributed by atoms with Crippen molar-refractivity contribution in [2.45, 2.75) is 12.7 Å². The number of halogens is 3. The first-order chi connectivity index (χ1) is 13.5. The Balaban J connectivity index is 1.76. The summed E-state index contributed by atoms with van der Waals surface area (Å²) in [7, 11) is 0. The van der Waals surface area contributed by atoms with Crippen LogP contribution >= 0.6 is 0 Å². The second-order valence-electron chi connectivity index (χ2n) is 6.17. The highest BCUT2D eigenvalue weighted by atomic mass is 19.4. The van der Waals surface area contributed by atoms with Gasteiger partial charge in [-0.25, -0.2) is 9.97 Å². The Morgan fingerprint density at radius 3 is 2.46 bits per heavy atom. The molecule has 4 nitrogen and oxygen atoms in total. The quantitative estimate of drug-likeness (QED) is 0.520. The molecule has 2 aromatic heterocycles. The molecular formula is C21H15F3N4. The monoisotopic (exact) mass is 380 g/mol. The van der Waals surface area contributed by atoms with E-state index >= 15 is 0 Å². The molecule has 0 aliphatic heterocycles. The summed E-state index contributed by atoms with van der Waals surface area (Å²) in [4.78, 5) is 13.2. The number of benzene rings is 2. The van der Waals surface area contributed by atoms with E-state index < -0.39 is 11.7 Å². The SMILES string of the molecule is FC(F)(F)c1cccc(-c2nc(NCc3ccccn3)c3ccccc3n2)c1. The molecule has 4 aromatic rings. The average molecular weight is 380 g/mol. The van der Waals surface area contributed by atoms with Crippen LogP contribution in [0.1, 0.15) is 11.3 Å². The summed E-state index contributed by atoms with van der Waals surface area (Å²) in [5.74, 6) is 0.775. The van der Waals surface area contributed by atoms with E-state index in [0.29, 0.717) is 23.4 Å². The third kappa shape index (κ3) is 3.78. The molecule has 0 fully saturated rings. The zero-order chi connectivity index (χ0) is 19.6. The maximum Gasteiger partial charge on any atom is 0.416 e. The lowest BCUT2D eigenvalue weighted by atomic mass is 10.1. The second kappa shape index (κ2) is 7.26. The van der Waals surface area contributed by atoms with Crippen molar-refractivity contribution in [1.29, 1.82) is 0 Å². The normalized spacial score (nSPS) is 11.5. The zero-order valence-electron chi connectivity index (χ0n) is 14.6. The van der Waals surface area contributed by atoms with Gasteiger partial charge in [-0.1, -0.05) is 30.3 Å². The Kier molecular flexibility index (Phi) is 4.65. The lowest BCUT2D eigenvalue weighted by molar-refractivity contribution is -0.137. The number of alkyl halides is 3. The fourth-order valence-corrected chi connectivity index (χ4v) is 2.85. The fraction of sp³-hybridized carbons (Fsp3) is 0.0952. The summed E-state index contributed by atoms with van der Waals surface area (Å²) in [6.07, 6.45) is -2.73. The Hall–Kier alpha value is -3.48. The van der Waals surface area contributed by atoms with Gasteiger partial charge in [-0.3, -0.25) is 4.98 Å². The maximum absolute atomic E-state index is 13.1. The van der Waals surface area contributed by atoms with Gasteiger partial charge in [0.05, 0.1) is 23.3 Å². The largest absolute Gasteiger partial charge is 0.416 e. The van der Waals surface area contributed by atoms with Crippen molar-refractivity contribution >= 4 is 16.7 Å². The van der Waals surface area contributed by atoms with E-state index in [4.69, 9.17) is 0 Å². The van der Waals surface area contributed by atoms with Gasteiger partial charge in [-0.05, 0) is 36.4 Å². The van der Waals surface area contributed by atoms with Crippen LogP contribution in [0.3, 0.4) is 0 Å². The van der Waals surface area contributed by atoms with Crippen LogP contribution in [0.15, 0.2) is 72.9 Å². The van der Waals surface area contributed by atoms with Gasteiger partial charge in [0.25, 0.3) is 0 Å². The number of anilines is 1. The summed E-state index contributed by atoms with van der Waals surface area (Å²) in [6, 6.07) is 18.0. The number of nitrogens with zero attached hydrogens (tertiary/aromatic N) is 3. The number of hydrogen-bond acceptors (Lipinski definition) is 4. The number of fused-ring (bicyclic) bond motifs is 1. The molecule has 7 heteroatoms. The molecule has 0 aliphatic carbocycles. The molecule has 0 saturated heterocycles. The predicted octanol–water partition coefficient (Wildman–Crippen LogP) is 5.32. The highest BCUT2D eigenvalue weighted by Gasteiger charge is 2.30. The molecule has 2 aromatic carbocycles. The summed E-state index contributed by atoms with van der Waals surface area (Å²) in [6.45, 7) is 0.434. The van der Waals surface area contributed by atoms with Crippen molar-refractivity contribution in [2.75, 3.05) is 5.32 Å². The molecule has 28 heavy (non-hydrogen) atoms. The molecule has 0 aliphatic rings. The van der Waals surface area contributed by atoms with Gasteiger partial charge in [-0.2, -0.15) is 13.2 Å². The molecule has 0 atom stereocenters. The number of rotatable bonds is 4. The van der Waals surface area contributed by atoms with E-state index in [0.717, 1.165) is 23.2 Å². The molecule has 0 saturated carbocycles. The predicted molar refractivity (Wildman–Crippen MR) is 102 cm³/mol. The molecule has 2 heterocycles. The molecule has 4 rings (SSSR count). The topological polar surface area (TPSA) is 50.7 Å². The maximum atomic E-state index is 13.1. The summed E-state index contributed by atoms with van der Waals surface area (Å²) >= 11 is 0. The van der Waals surface area contributed by atoms with Gasteiger partial charge < -0.3 is 5.32 Å². The van der Waals surface area contributed by atoms with Crippen LogP contribution in [0, 0.1) is 0 Å². The van der Waals surface area contributed by atoms with Crippen LogP contribution < -0.4 is 5.32 Å². The van der Waals surface area contributed by atoms with Crippen molar-refractivity contribution in [2.24, 2.45) is 0 Å².